The van der Waals surface area contributed by atoms with Crippen molar-refractivity contribution in [2.75, 3.05) is 36.8 Å². The van der Waals surface area contributed by atoms with Crippen LogP contribution in [0.25, 0.3) is 0 Å². The maximum Gasteiger partial charge on any atom is 0.134 e. The number of nitrogens with one attached hydrogen (secondary N) is 2. The van der Waals surface area contributed by atoms with E-state index in [4.69, 9.17) is 0 Å². The maximum atomic E-state index is 4.45. The van der Waals surface area contributed by atoms with Gasteiger partial charge in [0.25, 0.3) is 0 Å². The average Bonchev–Trinajstić information content (AvgIpc) is 2.98. The monoisotopic (exact) mass is 291 g/mol. The summed E-state index contributed by atoms with van der Waals surface area (Å²) in [5.41, 5.74) is 1.20. The minimum atomic E-state index is 0.640. The Morgan fingerprint density at radius 3 is 2.62 bits per heavy atom. The van der Waals surface area contributed by atoms with E-state index in [1.807, 2.05) is 0 Å². The molecule has 0 aromatic carbocycles. The smallest absolute Gasteiger partial charge is 0.134 e. The van der Waals surface area contributed by atoms with Crippen molar-refractivity contribution < 1.29 is 0 Å². The summed E-state index contributed by atoms with van der Waals surface area (Å²) in [6.07, 6.45) is 6.30. The van der Waals surface area contributed by atoms with Crippen LogP contribution in [-0.4, -0.2) is 47.1 Å². The highest BCUT2D eigenvalue weighted by molar-refractivity contribution is 5.57. The highest BCUT2D eigenvalue weighted by Crippen LogP contribution is 2.22. The number of hydrogen-bond donors (Lipinski definition) is 2. The molecule has 1 aromatic heterocycles. The third-order valence-corrected chi connectivity index (χ3v) is 4.25. The van der Waals surface area contributed by atoms with Gasteiger partial charge in [-0.1, -0.05) is 20.8 Å². The fraction of sp³-hybridized carbons (Fsp3) is 0.750. The van der Waals surface area contributed by atoms with E-state index in [9.17, 15) is 0 Å². The van der Waals surface area contributed by atoms with Gasteiger partial charge in [-0.15, -0.1) is 0 Å². The second-order valence-electron chi connectivity index (χ2n) is 5.64. The molecule has 0 radical (unpaired) electrons. The predicted molar refractivity (Wildman–Crippen MR) is 88.9 cm³/mol. The molecule has 1 aromatic rings. The first kappa shape index (κ1) is 16.0. The van der Waals surface area contributed by atoms with Crippen LogP contribution in [0.5, 0.6) is 0 Å². The average molecular weight is 291 g/mol. The molecule has 1 aliphatic rings. The van der Waals surface area contributed by atoms with Crippen LogP contribution >= 0.6 is 0 Å². The highest BCUT2D eigenvalue weighted by atomic mass is 15.2. The van der Waals surface area contributed by atoms with Gasteiger partial charge in [0.2, 0.25) is 0 Å². The molecule has 1 aliphatic heterocycles. The fourth-order valence-corrected chi connectivity index (χ4v) is 3.05. The summed E-state index contributed by atoms with van der Waals surface area (Å²) < 4.78 is 0. The zero-order valence-corrected chi connectivity index (χ0v) is 13.7. The molecule has 0 saturated carbocycles. The maximum absolute atomic E-state index is 4.45. The Labute approximate surface area is 128 Å². The number of likely N-dealkylation sites (tertiary alicyclic amines) is 1. The van der Waals surface area contributed by atoms with E-state index in [2.05, 4.69) is 46.3 Å². The summed E-state index contributed by atoms with van der Waals surface area (Å²) in [5.74, 6) is 1.98. The lowest BCUT2D eigenvalue weighted by molar-refractivity contribution is 0.277. The van der Waals surface area contributed by atoms with Crippen LogP contribution in [0.1, 0.15) is 45.6 Å². The third kappa shape index (κ3) is 4.06. The van der Waals surface area contributed by atoms with E-state index in [1.54, 1.807) is 6.33 Å². The second-order valence-corrected chi connectivity index (χ2v) is 5.64. The Bertz CT molecular complexity index is 435. The van der Waals surface area contributed by atoms with E-state index in [0.29, 0.717) is 6.04 Å². The van der Waals surface area contributed by atoms with Crippen LogP contribution in [0, 0.1) is 0 Å². The summed E-state index contributed by atoms with van der Waals surface area (Å²) in [6, 6.07) is 0.640. The van der Waals surface area contributed by atoms with Crippen molar-refractivity contribution in [3.63, 3.8) is 0 Å². The van der Waals surface area contributed by atoms with Crippen molar-refractivity contribution in [1.29, 1.82) is 0 Å². The Balaban J connectivity index is 2.01. The van der Waals surface area contributed by atoms with Gasteiger partial charge in [-0.25, -0.2) is 9.97 Å². The van der Waals surface area contributed by atoms with Gasteiger partial charge in [-0.3, -0.25) is 4.90 Å². The summed E-state index contributed by atoms with van der Waals surface area (Å²) in [6.45, 7) is 10.9. The first-order valence-corrected chi connectivity index (χ1v) is 8.35. The Morgan fingerprint density at radius 1 is 1.19 bits per heavy atom. The standard InChI is InChI=1S/C16H29N5/c1-4-9-17-15-14(5-2)16(20-12-19-15)18-11-13-8-7-10-21(13)6-3/h12-13H,4-11H2,1-3H3,(H2,17,18,19,20). The molecule has 1 fully saturated rings. The zero-order chi connectivity index (χ0) is 15.1. The molecule has 2 heterocycles. The van der Waals surface area contributed by atoms with E-state index in [1.165, 1.54) is 24.9 Å². The van der Waals surface area contributed by atoms with Crippen molar-refractivity contribution in [3.8, 4) is 0 Å². The molecule has 118 valence electrons. The van der Waals surface area contributed by atoms with Crippen molar-refractivity contribution in [1.82, 2.24) is 14.9 Å². The quantitative estimate of drug-likeness (QED) is 0.771. The molecule has 0 amide bonds. The van der Waals surface area contributed by atoms with E-state index < -0.39 is 0 Å². The molecule has 1 atom stereocenters. The molecule has 1 saturated heterocycles. The lowest BCUT2D eigenvalue weighted by Gasteiger charge is -2.24. The SMILES string of the molecule is CCCNc1ncnc(NCC2CCCN2CC)c1CC. The molecule has 5 nitrogen and oxygen atoms in total. The van der Waals surface area contributed by atoms with Crippen LogP contribution in [0.2, 0.25) is 0 Å². The highest BCUT2D eigenvalue weighted by Gasteiger charge is 2.23. The first-order valence-electron chi connectivity index (χ1n) is 8.35. The number of anilines is 2. The zero-order valence-electron chi connectivity index (χ0n) is 13.7. The van der Waals surface area contributed by atoms with Gasteiger partial charge in [0.1, 0.15) is 18.0 Å². The molecule has 1 unspecified atom stereocenters. The van der Waals surface area contributed by atoms with Gasteiger partial charge in [-0.2, -0.15) is 0 Å². The molecule has 0 bridgehead atoms. The van der Waals surface area contributed by atoms with Gasteiger partial charge in [0.05, 0.1) is 0 Å². The Morgan fingerprint density at radius 2 is 1.95 bits per heavy atom. The molecule has 2 rings (SSSR count). The van der Waals surface area contributed by atoms with Gasteiger partial charge >= 0.3 is 0 Å². The minimum absolute atomic E-state index is 0.640. The van der Waals surface area contributed by atoms with Gasteiger partial charge in [0.15, 0.2) is 0 Å². The van der Waals surface area contributed by atoms with Crippen molar-refractivity contribution in [2.24, 2.45) is 0 Å². The first-order chi connectivity index (χ1) is 10.3. The topological polar surface area (TPSA) is 53.1 Å². The van der Waals surface area contributed by atoms with E-state index in [-0.39, 0.29) is 0 Å². The molecule has 0 aliphatic carbocycles. The number of aromatic nitrogens is 2. The largest absolute Gasteiger partial charge is 0.370 e. The second kappa shape index (κ2) is 8.17. The molecule has 2 N–H and O–H groups in total. The third-order valence-electron chi connectivity index (χ3n) is 4.25. The molecular weight excluding hydrogens is 262 g/mol. The van der Waals surface area contributed by atoms with Crippen molar-refractivity contribution in [2.45, 2.75) is 52.5 Å². The molecule has 21 heavy (non-hydrogen) atoms. The molecule has 5 heteroatoms. The summed E-state index contributed by atoms with van der Waals surface area (Å²) >= 11 is 0. The van der Waals surface area contributed by atoms with Gasteiger partial charge in [-0.05, 0) is 38.8 Å². The normalized spacial score (nSPS) is 18.9. The summed E-state index contributed by atoms with van der Waals surface area (Å²) in [7, 11) is 0. The fourth-order valence-electron chi connectivity index (χ4n) is 3.05. The molecular formula is C16H29N5. The van der Waals surface area contributed by atoms with Crippen LogP contribution in [-0.2, 0) is 6.42 Å². The number of nitrogens with zero attached hydrogens (tertiary/aromatic N) is 3. The molecule has 0 spiro atoms. The summed E-state index contributed by atoms with van der Waals surface area (Å²) in [4.78, 5) is 11.4. The Kier molecular flexibility index (Phi) is 6.23. The van der Waals surface area contributed by atoms with E-state index in [0.717, 1.165) is 44.1 Å². The van der Waals surface area contributed by atoms with Crippen LogP contribution < -0.4 is 10.6 Å². The number of likely N-dealkylation sites (N-methyl/N-ethyl adjacent to an activating group) is 1. The lowest BCUT2D eigenvalue weighted by Crippen LogP contribution is -2.35. The van der Waals surface area contributed by atoms with Crippen LogP contribution in [0.3, 0.4) is 0 Å². The van der Waals surface area contributed by atoms with Gasteiger partial charge in [0, 0.05) is 24.7 Å². The van der Waals surface area contributed by atoms with Crippen LogP contribution in [0.15, 0.2) is 6.33 Å². The minimum Gasteiger partial charge on any atom is -0.370 e. The number of rotatable bonds is 8. The van der Waals surface area contributed by atoms with E-state index >= 15 is 0 Å². The van der Waals surface area contributed by atoms with Gasteiger partial charge < -0.3 is 10.6 Å². The summed E-state index contributed by atoms with van der Waals surface area (Å²) in [5, 5.41) is 6.96. The predicted octanol–water partition coefficient (Wildman–Crippen LogP) is 2.76. The van der Waals surface area contributed by atoms with Crippen molar-refractivity contribution >= 4 is 11.6 Å². The number of hydrogen-bond acceptors (Lipinski definition) is 5. The van der Waals surface area contributed by atoms with Crippen molar-refractivity contribution in [3.05, 3.63) is 11.9 Å². The lowest BCUT2D eigenvalue weighted by atomic mass is 10.2. The Hall–Kier alpha value is -1.36. The van der Waals surface area contributed by atoms with Crippen LogP contribution in [0.4, 0.5) is 11.6 Å².